The molecule has 1 saturated heterocycles. The van der Waals surface area contributed by atoms with Gasteiger partial charge in [0.05, 0.1) is 12.2 Å². The summed E-state index contributed by atoms with van der Waals surface area (Å²) in [5.41, 5.74) is -0.576. The number of carbonyl (C=O) groups excluding carboxylic acids is 1. The summed E-state index contributed by atoms with van der Waals surface area (Å²) in [5.74, 6) is -0.502. The predicted octanol–water partition coefficient (Wildman–Crippen LogP) is 4.71. The SMILES string of the molecule is CCOc1ccc(CC2(C(=O)O)CCCO2)cc1CNC(=O)OCc1cccc(C(F)(F)F)c1. The number of nitrogens with one attached hydrogen (secondary N) is 1. The first-order chi connectivity index (χ1) is 16.1. The third-order valence-electron chi connectivity index (χ3n) is 5.45. The van der Waals surface area contributed by atoms with Gasteiger partial charge in [-0.3, -0.25) is 0 Å². The number of alkyl carbamates (subject to hydrolysis) is 1. The maximum atomic E-state index is 12.8. The number of halogens is 3. The molecule has 2 aromatic carbocycles. The Morgan fingerprint density at radius 2 is 1.97 bits per heavy atom. The van der Waals surface area contributed by atoms with E-state index in [0.717, 1.165) is 12.1 Å². The van der Waals surface area contributed by atoms with Crippen molar-refractivity contribution < 1.29 is 42.1 Å². The predicted molar refractivity (Wildman–Crippen MR) is 115 cm³/mol. The molecule has 1 fully saturated rings. The normalized spacial score (nSPS) is 17.9. The van der Waals surface area contributed by atoms with Crippen LogP contribution in [-0.2, 0) is 40.0 Å². The molecule has 1 aliphatic heterocycles. The van der Waals surface area contributed by atoms with E-state index in [2.05, 4.69) is 5.32 Å². The van der Waals surface area contributed by atoms with Crippen LogP contribution in [0.1, 0.15) is 42.0 Å². The van der Waals surface area contributed by atoms with Crippen LogP contribution in [0.5, 0.6) is 5.75 Å². The van der Waals surface area contributed by atoms with Crippen molar-refractivity contribution in [1.82, 2.24) is 5.32 Å². The van der Waals surface area contributed by atoms with Gasteiger partial charge in [0.15, 0.2) is 5.60 Å². The van der Waals surface area contributed by atoms with Crippen molar-refractivity contribution in [2.24, 2.45) is 0 Å². The number of aliphatic carboxylic acids is 1. The van der Waals surface area contributed by atoms with Crippen LogP contribution in [0.3, 0.4) is 0 Å². The molecule has 1 amide bonds. The van der Waals surface area contributed by atoms with E-state index in [1.54, 1.807) is 25.1 Å². The molecule has 0 aliphatic carbocycles. The minimum atomic E-state index is -4.48. The van der Waals surface area contributed by atoms with E-state index < -0.39 is 29.4 Å². The molecular weight excluding hydrogens is 455 g/mol. The molecule has 34 heavy (non-hydrogen) atoms. The lowest BCUT2D eigenvalue weighted by Crippen LogP contribution is -2.40. The number of benzene rings is 2. The van der Waals surface area contributed by atoms with E-state index in [0.29, 0.717) is 42.9 Å². The van der Waals surface area contributed by atoms with Gasteiger partial charge in [-0.1, -0.05) is 24.3 Å². The number of amides is 1. The van der Waals surface area contributed by atoms with Gasteiger partial charge in [-0.05, 0) is 49.1 Å². The van der Waals surface area contributed by atoms with Gasteiger partial charge in [-0.15, -0.1) is 0 Å². The lowest BCUT2D eigenvalue weighted by Gasteiger charge is -2.24. The highest BCUT2D eigenvalue weighted by Gasteiger charge is 2.43. The molecule has 0 spiro atoms. The molecule has 10 heteroatoms. The smallest absolute Gasteiger partial charge is 0.416 e. The van der Waals surface area contributed by atoms with Crippen LogP contribution in [-0.4, -0.2) is 36.0 Å². The van der Waals surface area contributed by atoms with Gasteiger partial charge >= 0.3 is 18.2 Å². The molecule has 1 heterocycles. The lowest BCUT2D eigenvalue weighted by atomic mass is 9.91. The van der Waals surface area contributed by atoms with Crippen LogP contribution >= 0.6 is 0 Å². The van der Waals surface area contributed by atoms with E-state index in [4.69, 9.17) is 14.2 Å². The number of carboxylic acids is 1. The Hall–Kier alpha value is -3.27. The quantitative estimate of drug-likeness (QED) is 0.539. The minimum absolute atomic E-state index is 0.0194. The van der Waals surface area contributed by atoms with Crippen LogP contribution in [0, 0.1) is 0 Å². The third kappa shape index (κ3) is 6.40. The van der Waals surface area contributed by atoms with Crippen LogP contribution in [0.4, 0.5) is 18.0 Å². The second-order valence-corrected chi connectivity index (χ2v) is 7.93. The molecule has 2 N–H and O–H groups in total. The molecule has 0 saturated carbocycles. The zero-order chi connectivity index (χ0) is 24.8. The van der Waals surface area contributed by atoms with E-state index in [9.17, 15) is 27.9 Å². The van der Waals surface area contributed by atoms with Crippen molar-refractivity contribution in [2.45, 2.75) is 51.1 Å². The summed E-state index contributed by atoms with van der Waals surface area (Å²) in [7, 11) is 0. The number of ether oxygens (including phenoxy) is 3. The van der Waals surface area contributed by atoms with Crippen LogP contribution in [0.2, 0.25) is 0 Å². The first-order valence-electron chi connectivity index (χ1n) is 10.8. The summed E-state index contributed by atoms with van der Waals surface area (Å²) in [5, 5.41) is 12.2. The number of rotatable bonds is 9. The van der Waals surface area contributed by atoms with E-state index in [-0.39, 0.29) is 25.1 Å². The minimum Gasteiger partial charge on any atom is -0.494 e. The lowest BCUT2D eigenvalue weighted by molar-refractivity contribution is -0.159. The summed E-state index contributed by atoms with van der Waals surface area (Å²) >= 11 is 0. The van der Waals surface area contributed by atoms with Gasteiger partial charge in [-0.2, -0.15) is 13.2 Å². The topological polar surface area (TPSA) is 94.1 Å². The van der Waals surface area contributed by atoms with Crippen molar-refractivity contribution in [3.8, 4) is 5.75 Å². The van der Waals surface area contributed by atoms with Crippen molar-refractivity contribution >= 4 is 12.1 Å². The first-order valence-corrected chi connectivity index (χ1v) is 10.8. The number of alkyl halides is 3. The summed E-state index contributed by atoms with van der Waals surface area (Å²) in [6, 6.07) is 9.75. The van der Waals surface area contributed by atoms with Gasteiger partial charge in [0.2, 0.25) is 0 Å². The largest absolute Gasteiger partial charge is 0.494 e. The van der Waals surface area contributed by atoms with Gasteiger partial charge < -0.3 is 24.6 Å². The van der Waals surface area contributed by atoms with Crippen LogP contribution < -0.4 is 10.1 Å². The number of carboxylic acid groups (broad SMARTS) is 1. The molecule has 1 atom stereocenters. The Kier molecular flexibility index (Phi) is 8.03. The van der Waals surface area contributed by atoms with E-state index in [1.807, 2.05) is 0 Å². The molecule has 0 aromatic heterocycles. The van der Waals surface area contributed by atoms with Crippen molar-refractivity contribution in [1.29, 1.82) is 0 Å². The third-order valence-corrected chi connectivity index (χ3v) is 5.45. The average molecular weight is 481 g/mol. The maximum Gasteiger partial charge on any atom is 0.416 e. The van der Waals surface area contributed by atoms with Gasteiger partial charge in [0, 0.05) is 25.1 Å². The van der Waals surface area contributed by atoms with Crippen molar-refractivity contribution in [3.05, 3.63) is 64.7 Å². The molecular formula is C24H26F3NO6. The maximum absolute atomic E-state index is 12.8. The Morgan fingerprint density at radius 1 is 1.18 bits per heavy atom. The van der Waals surface area contributed by atoms with Crippen LogP contribution in [0.25, 0.3) is 0 Å². The van der Waals surface area contributed by atoms with Gasteiger partial charge in [0.25, 0.3) is 0 Å². The summed E-state index contributed by atoms with van der Waals surface area (Å²) < 4.78 is 54.7. The number of carbonyl (C=O) groups is 2. The second kappa shape index (κ2) is 10.8. The van der Waals surface area contributed by atoms with Crippen molar-refractivity contribution in [3.63, 3.8) is 0 Å². The van der Waals surface area contributed by atoms with E-state index >= 15 is 0 Å². The molecule has 7 nitrogen and oxygen atoms in total. The highest BCUT2D eigenvalue weighted by molar-refractivity contribution is 5.78. The summed E-state index contributed by atoms with van der Waals surface area (Å²) in [6.45, 7) is 2.27. The molecule has 2 aromatic rings. The number of hydrogen-bond donors (Lipinski definition) is 2. The fourth-order valence-electron chi connectivity index (χ4n) is 3.79. The van der Waals surface area contributed by atoms with Gasteiger partial charge in [0.1, 0.15) is 12.4 Å². The molecule has 0 radical (unpaired) electrons. The Bertz CT molecular complexity index is 1020. The zero-order valence-corrected chi connectivity index (χ0v) is 18.6. The zero-order valence-electron chi connectivity index (χ0n) is 18.6. The molecule has 184 valence electrons. The van der Waals surface area contributed by atoms with Gasteiger partial charge in [-0.25, -0.2) is 9.59 Å². The average Bonchev–Trinajstić information content (AvgIpc) is 3.27. The Morgan fingerprint density at radius 3 is 2.62 bits per heavy atom. The van der Waals surface area contributed by atoms with Crippen molar-refractivity contribution in [2.75, 3.05) is 13.2 Å². The highest BCUT2D eigenvalue weighted by atomic mass is 19.4. The second-order valence-electron chi connectivity index (χ2n) is 7.93. The molecule has 1 unspecified atom stereocenters. The number of hydrogen-bond acceptors (Lipinski definition) is 5. The monoisotopic (exact) mass is 481 g/mol. The standard InChI is InChI=1S/C24H26F3NO6/c1-2-32-20-8-7-16(13-23(21(29)30)9-4-10-34-23)11-18(20)14-28-22(31)33-15-17-5-3-6-19(12-17)24(25,26)27/h3,5-8,11-12H,2,4,9-10,13-15H2,1H3,(H,28,31)(H,29,30). The Balaban J connectivity index is 1.64. The highest BCUT2D eigenvalue weighted by Crippen LogP contribution is 2.32. The summed E-state index contributed by atoms with van der Waals surface area (Å²) in [4.78, 5) is 23.9. The fraction of sp³-hybridized carbons (Fsp3) is 0.417. The first kappa shape index (κ1) is 25.4. The molecule has 3 rings (SSSR count). The molecule has 0 bridgehead atoms. The Labute approximate surface area is 194 Å². The summed E-state index contributed by atoms with van der Waals surface area (Å²) in [6.07, 6.45) is -4.06. The van der Waals surface area contributed by atoms with E-state index in [1.165, 1.54) is 12.1 Å². The fourth-order valence-corrected chi connectivity index (χ4v) is 3.79. The molecule has 1 aliphatic rings. The van der Waals surface area contributed by atoms with Crippen LogP contribution in [0.15, 0.2) is 42.5 Å².